The Kier molecular flexibility index (Phi) is 17.4. The summed E-state index contributed by atoms with van der Waals surface area (Å²) in [6.07, 6.45) is 17.1. The fourth-order valence-corrected chi connectivity index (χ4v) is 5.11. The molecule has 0 spiro atoms. The molecular weight excluding hydrogens is 481 g/mol. The third kappa shape index (κ3) is 19.6. The zero-order valence-corrected chi connectivity index (χ0v) is 24.4. The van der Waals surface area contributed by atoms with Gasteiger partial charge in [0.15, 0.2) is 0 Å². The number of hydrogen-bond donors (Lipinski definition) is 2. The van der Waals surface area contributed by atoms with Crippen molar-refractivity contribution in [3.8, 4) is 0 Å². The second kappa shape index (κ2) is 18.7. The Morgan fingerprint density at radius 1 is 0.889 bits per heavy atom. The normalized spacial score (nSPS) is 20.2. The third-order valence-corrected chi connectivity index (χ3v) is 7.82. The second-order valence-corrected chi connectivity index (χ2v) is 13.0. The molecule has 0 saturated heterocycles. The van der Waals surface area contributed by atoms with E-state index in [2.05, 4.69) is 6.92 Å². The molecule has 8 nitrogen and oxygen atoms in total. The standard InChI is InChI=1S/C27H54NO7P/c1-5-6-7-13-16-24-21-25(24)17-14-11-9-8-10-12-15-18-27(30)33-22-26(29)23-35-36(31,32)34-20-19-28(2,3)4/h24-26,29H,5-23H2,1-4H3/p+1/t24-,25+,26-/m1/s1. The number of ether oxygens (including phenoxy) is 1. The number of rotatable bonds is 24. The van der Waals surface area contributed by atoms with Crippen LogP contribution in [0.3, 0.4) is 0 Å². The van der Waals surface area contributed by atoms with E-state index in [1.165, 1.54) is 70.6 Å². The van der Waals surface area contributed by atoms with E-state index in [1.54, 1.807) is 0 Å². The van der Waals surface area contributed by atoms with Crippen molar-refractivity contribution in [3.63, 3.8) is 0 Å². The summed E-state index contributed by atoms with van der Waals surface area (Å²) in [5.74, 6) is 1.68. The van der Waals surface area contributed by atoms with Crippen LogP contribution in [0.4, 0.5) is 0 Å². The van der Waals surface area contributed by atoms with E-state index < -0.39 is 20.5 Å². The van der Waals surface area contributed by atoms with Crippen molar-refractivity contribution in [2.24, 2.45) is 11.8 Å². The summed E-state index contributed by atoms with van der Waals surface area (Å²) in [4.78, 5) is 21.5. The maximum Gasteiger partial charge on any atom is 0.472 e. The van der Waals surface area contributed by atoms with Crippen LogP contribution in [0.5, 0.6) is 0 Å². The van der Waals surface area contributed by atoms with Crippen LogP contribution in [-0.2, 0) is 23.1 Å². The molecule has 0 radical (unpaired) electrons. The van der Waals surface area contributed by atoms with Crippen LogP contribution in [0.1, 0.15) is 103 Å². The Hall–Kier alpha value is -0.500. The summed E-state index contributed by atoms with van der Waals surface area (Å²) in [6.45, 7) is 2.16. The number of carbonyl (C=O) groups excluding carboxylic acids is 1. The predicted molar refractivity (Wildman–Crippen MR) is 144 cm³/mol. The minimum Gasteiger partial charge on any atom is -0.463 e. The van der Waals surface area contributed by atoms with Crippen molar-refractivity contribution in [2.45, 2.75) is 109 Å². The van der Waals surface area contributed by atoms with E-state index in [4.69, 9.17) is 13.8 Å². The highest BCUT2D eigenvalue weighted by Gasteiger charge is 2.35. The molecule has 2 N–H and O–H groups in total. The molecule has 0 amide bonds. The lowest BCUT2D eigenvalue weighted by Gasteiger charge is -2.24. The molecule has 0 aliphatic heterocycles. The lowest BCUT2D eigenvalue weighted by atomic mass is 10.0. The fraction of sp³-hybridized carbons (Fsp3) is 0.963. The van der Waals surface area contributed by atoms with E-state index in [0.29, 0.717) is 17.4 Å². The lowest BCUT2D eigenvalue weighted by molar-refractivity contribution is -0.870. The second-order valence-electron chi connectivity index (χ2n) is 11.6. The van der Waals surface area contributed by atoms with Crippen LogP contribution in [0.15, 0.2) is 0 Å². The molecule has 4 atom stereocenters. The molecule has 214 valence electrons. The first-order valence-electron chi connectivity index (χ1n) is 14.3. The molecule has 1 aliphatic carbocycles. The van der Waals surface area contributed by atoms with Crippen molar-refractivity contribution >= 4 is 13.8 Å². The Morgan fingerprint density at radius 3 is 2.03 bits per heavy atom. The van der Waals surface area contributed by atoms with Crippen molar-refractivity contribution < 1.29 is 37.6 Å². The van der Waals surface area contributed by atoms with Gasteiger partial charge in [-0.25, -0.2) is 4.57 Å². The number of unbranched alkanes of at least 4 members (excludes halogenated alkanes) is 9. The minimum absolute atomic E-state index is 0.0580. The molecule has 0 aromatic rings. The maximum absolute atomic E-state index is 11.8. The molecule has 36 heavy (non-hydrogen) atoms. The quantitative estimate of drug-likeness (QED) is 0.0691. The van der Waals surface area contributed by atoms with Gasteiger partial charge in [-0.3, -0.25) is 13.8 Å². The Labute approximate surface area is 220 Å². The van der Waals surface area contributed by atoms with Crippen LogP contribution < -0.4 is 0 Å². The van der Waals surface area contributed by atoms with Gasteiger partial charge in [-0.15, -0.1) is 0 Å². The molecule has 1 fully saturated rings. The summed E-state index contributed by atoms with van der Waals surface area (Å²) in [6, 6.07) is 0. The first kappa shape index (κ1) is 33.5. The van der Waals surface area contributed by atoms with Gasteiger partial charge in [0, 0.05) is 6.42 Å². The molecule has 0 aromatic heterocycles. The smallest absolute Gasteiger partial charge is 0.463 e. The number of likely N-dealkylation sites (N-methyl/N-ethyl adjacent to an activating group) is 1. The molecule has 0 heterocycles. The van der Waals surface area contributed by atoms with Crippen LogP contribution in [0.25, 0.3) is 0 Å². The summed E-state index contributed by atoms with van der Waals surface area (Å²) in [5, 5.41) is 9.85. The van der Waals surface area contributed by atoms with Crippen LogP contribution in [0.2, 0.25) is 0 Å². The zero-order chi connectivity index (χ0) is 26.9. The van der Waals surface area contributed by atoms with Gasteiger partial charge in [-0.1, -0.05) is 84.0 Å². The highest BCUT2D eigenvalue weighted by atomic mass is 31.2. The van der Waals surface area contributed by atoms with E-state index in [1.807, 2.05) is 21.1 Å². The van der Waals surface area contributed by atoms with E-state index in [9.17, 15) is 19.4 Å². The number of aliphatic hydroxyl groups is 1. The van der Waals surface area contributed by atoms with E-state index in [0.717, 1.165) is 31.1 Å². The zero-order valence-electron chi connectivity index (χ0n) is 23.5. The van der Waals surface area contributed by atoms with Crippen molar-refractivity contribution in [2.75, 3.05) is 47.5 Å². The number of phosphoric ester groups is 1. The lowest BCUT2D eigenvalue weighted by Crippen LogP contribution is -2.37. The van der Waals surface area contributed by atoms with Gasteiger partial charge >= 0.3 is 13.8 Å². The third-order valence-electron chi connectivity index (χ3n) is 6.84. The number of quaternary nitrogens is 1. The summed E-state index contributed by atoms with van der Waals surface area (Å²) in [7, 11) is 1.57. The largest absolute Gasteiger partial charge is 0.472 e. The minimum atomic E-state index is -4.24. The number of esters is 1. The summed E-state index contributed by atoms with van der Waals surface area (Å²) < 4.78 is 27.1. The van der Waals surface area contributed by atoms with Crippen LogP contribution in [-0.4, -0.2) is 74.1 Å². The van der Waals surface area contributed by atoms with Crippen LogP contribution >= 0.6 is 7.82 Å². The summed E-state index contributed by atoms with van der Waals surface area (Å²) >= 11 is 0. The van der Waals surface area contributed by atoms with Gasteiger partial charge in [0.2, 0.25) is 0 Å². The highest BCUT2D eigenvalue weighted by Crippen LogP contribution is 2.46. The topological polar surface area (TPSA) is 102 Å². The molecule has 1 rings (SSSR count). The van der Waals surface area contributed by atoms with Gasteiger partial charge < -0.3 is 19.2 Å². The molecule has 1 aliphatic rings. The Balaban J connectivity index is 1.90. The van der Waals surface area contributed by atoms with Gasteiger partial charge in [-0.2, -0.15) is 0 Å². The molecule has 1 saturated carbocycles. The molecule has 0 bridgehead atoms. The van der Waals surface area contributed by atoms with E-state index in [-0.39, 0.29) is 19.2 Å². The number of phosphoric acid groups is 1. The predicted octanol–water partition coefficient (Wildman–Crippen LogP) is 5.85. The van der Waals surface area contributed by atoms with Crippen molar-refractivity contribution in [1.29, 1.82) is 0 Å². The van der Waals surface area contributed by atoms with Crippen molar-refractivity contribution in [1.82, 2.24) is 0 Å². The first-order valence-corrected chi connectivity index (χ1v) is 15.8. The molecule has 9 heteroatoms. The fourth-order valence-electron chi connectivity index (χ4n) is 4.37. The molecule has 1 unspecified atom stereocenters. The number of hydrogen-bond acceptors (Lipinski definition) is 6. The Morgan fingerprint density at radius 2 is 1.44 bits per heavy atom. The van der Waals surface area contributed by atoms with Gasteiger partial charge in [0.25, 0.3) is 0 Å². The van der Waals surface area contributed by atoms with Crippen LogP contribution in [0, 0.1) is 11.8 Å². The number of carbonyl (C=O) groups is 1. The SMILES string of the molecule is CCCCCC[C@@H]1C[C@@H]1CCCCCCCCCC(=O)OC[C@@H](O)COP(=O)(O)OCC[N+](C)(C)C. The van der Waals surface area contributed by atoms with Gasteiger partial charge in [0.05, 0.1) is 27.7 Å². The first-order chi connectivity index (χ1) is 17.0. The average molecular weight is 537 g/mol. The molecular formula is C27H55NO7P+. The summed E-state index contributed by atoms with van der Waals surface area (Å²) in [5.41, 5.74) is 0. The van der Waals surface area contributed by atoms with Gasteiger partial charge in [0.1, 0.15) is 25.9 Å². The van der Waals surface area contributed by atoms with Crippen molar-refractivity contribution in [3.05, 3.63) is 0 Å². The number of nitrogens with zero attached hydrogens (tertiary/aromatic N) is 1. The maximum atomic E-state index is 11.8. The van der Waals surface area contributed by atoms with E-state index >= 15 is 0 Å². The average Bonchev–Trinajstić information content (AvgIpc) is 3.55. The molecule has 0 aromatic carbocycles. The van der Waals surface area contributed by atoms with Gasteiger partial charge in [-0.05, 0) is 24.7 Å². The number of aliphatic hydroxyl groups excluding tert-OH is 1. The monoisotopic (exact) mass is 536 g/mol. The highest BCUT2D eigenvalue weighted by molar-refractivity contribution is 7.47. The Bertz CT molecular complexity index is 626.